The summed E-state index contributed by atoms with van der Waals surface area (Å²) in [6.07, 6.45) is -4.18. The standard InChI is InChI=1S/C29H33F3N6O4/c1-17(39)16-41-22-7-5-6-18-8-10-21(34-24(18)22)26-36-35-23-11-9-19(14-38(23)26)25(29(30,31)32)37-13-12-20(15-37)33-27(40)42-28(2,3)4/h5-11,14,17,20,25,39H,12-13,15-16H2,1-4H3,(H,33,40)/t17-,20-,25+/m0/s1. The number of nitrogens with zero attached hydrogens (tertiary/aromatic N) is 5. The topological polar surface area (TPSA) is 114 Å². The van der Waals surface area contributed by atoms with Crippen LogP contribution < -0.4 is 10.1 Å². The smallest absolute Gasteiger partial charge is 0.408 e. The molecule has 0 saturated carbocycles. The fourth-order valence-electron chi connectivity index (χ4n) is 5.04. The molecule has 2 N–H and O–H groups in total. The van der Waals surface area contributed by atoms with Crippen molar-refractivity contribution in [3.05, 3.63) is 54.2 Å². The molecule has 0 spiro atoms. The first-order chi connectivity index (χ1) is 19.8. The molecule has 1 amide bonds. The highest BCUT2D eigenvalue weighted by Gasteiger charge is 2.47. The molecular weight excluding hydrogens is 553 g/mol. The second kappa shape index (κ2) is 11.4. The summed E-state index contributed by atoms with van der Waals surface area (Å²) < 4.78 is 56.1. The Hall–Kier alpha value is -3.97. The number of rotatable bonds is 7. The maximum atomic E-state index is 14.5. The van der Waals surface area contributed by atoms with Crippen molar-refractivity contribution in [1.29, 1.82) is 0 Å². The van der Waals surface area contributed by atoms with E-state index in [4.69, 9.17) is 14.5 Å². The van der Waals surface area contributed by atoms with Crippen LogP contribution in [0.1, 0.15) is 45.7 Å². The van der Waals surface area contributed by atoms with Gasteiger partial charge in [0.2, 0.25) is 0 Å². The first-order valence-corrected chi connectivity index (χ1v) is 13.6. The van der Waals surface area contributed by atoms with Gasteiger partial charge in [0.25, 0.3) is 0 Å². The Morgan fingerprint density at radius 1 is 1.14 bits per heavy atom. The van der Waals surface area contributed by atoms with Crippen LogP contribution in [0.4, 0.5) is 18.0 Å². The second-order valence-corrected chi connectivity index (χ2v) is 11.5. The summed E-state index contributed by atoms with van der Waals surface area (Å²) in [5, 5.41) is 21.5. The van der Waals surface area contributed by atoms with E-state index in [1.807, 2.05) is 18.2 Å². The third-order valence-electron chi connectivity index (χ3n) is 6.75. The summed E-state index contributed by atoms with van der Waals surface area (Å²) in [6, 6.07) is 9.44. The molecule has 0 bridgehead atoms. The van der Waals surface area contributed by atoms with Crippen LogP contribution in [0.25, 0.3) is 28.1 Å². The lowest BCUT2D eigenvalue weighted by atomic mass is 10.1. The van der Waals surface area contributed by atoms with E-state index >= 15 is 0 Å². The maximum absolute atomic E-state index is 14.5. The number of nitrogens with one attached hydrogen (secondary N) is 1. The number of aromatic nitrogens is 4. The summed E-state index contributed by atoms with van der Waals surface area (Å²) in [5.41, 5.74) is 0.579. The van der Waals surface area contributed by atoms with Crippen molar-refractivity contribution >= 4 is 22.6 Å². The molecule has 13 heteroatoms. The van der Waals surface area contributed by atoms with Crippen molar-refractivity contribution in [2.24, 2.45) is 0 Å². The number of hydrogen-bond acceptors (Lipinski definition) is 8. The predicted molar refractivity (Wildman–Crippen MR) is 149 cm³/mol. The van der Waals surface area contributed by atoms with Crippen molar-refractivity contribution < 1.29 is 32.5 Å². The number of carbonyl (C=O) groups excluding carboxylic acids is 1. The molecule has 3 aromatic heterocycles. The van der Waals surface area contributed by atoms with Crippen molar-refractivity contribution in [3.63, 3.8) is 0 Å². The van der Waals surface area contributed by atoms with E-state index in [2.05, 4.69) is 15.5 Å². The zero-order valence-corrected chi connectivity index (χ0v) is 23.7. The van der Waals surface area contributed by atoms with Crippen LogP contribution >= 0.6 is 0 Å². The second-order valence-electron chi connectivity index (χ2n) is 11.5. The Morgan fingerprint density at radius 3 is 2.64 bits per heavy atom. The molecule has 42 heavy (non-hydrogen) atoms. The average molecular weight is 587 g/mol. The van der Waals surface area contributed by atoms with Gasteiger partial charge in [0.15, 0.2) is 11.5 Å². The number of likely N-dealkylation sites (tertiary alicyclic amines) is 1. The highest BCUT2D eigenvalue weighted by Crippen LogP contribution is 2.40. The summed E-state index contributed by atoms with van der Waals surface area (Å²) in [6.45, 7) is 7.00. The van der Waals surface area contributed by atoms with E-state index in [0.29, 0.717) is 29.0 Å². The molecule has 0 radical (unpaired) electrons. The van der Waals surface area contributed by atoms with E-state index < -0.39 is 36.1 Å². The van der Waals surface area contributed by atoms with E-state index in [1.54, 1.807) is 39.8 Å². The number of alkyl halides is 3. The molecule has 224 valence electrons. The molecule has 1 saturated heterocycles. The summed E-state index contributed by atoms with van der Waals surface area (Å²) in [7, 11) is 0. The van der Waals surface area contributed by atoms with Gasteiger partial charge >= 0.3 is 12.3 Å². The van der Waals surface area contributed by atoms with E-state index in [-0.39, 0.29) is 31.1 Å². The van der Waals surface area contributed by atoms with Crippen molar-refractivity contribution in [2.45, 2.75) is 64.1 Å². The van der Waals surface area contributed by atoms with E-state index in [0.717, 1.165) is 5.39 Å². The Kier molecular flexibility index (Phi) is 7.99. The van der Waals surface area contributed by atoms with Crippen LogP contribution in [0, 0.1) is 0 Å². The first-order valence-electron chi connectivity index (χ1n) is 13.6. The molecular formula is C29H33F3N6O4. The molecule has 1 fully saturated rings. The maximum Gasteiger partial charge on any atom is 0.408 e. The van der Waals surface area contributed by atoms with Gasteiger partial charge in [0, 0.05) is 30.7 Å². The van der Waals surface area contributed by atoms with Gasteiger partial charge < -0.3 is 19.9 Å². The lowest BCUT2D eigenvalue weighted by Crippen LogP contribution is -2.42. The van der Waals surface area contributed by atoms with Gasteiger partial charge in [0.1, 0.15) is 35.2 Å². The number of para-hydroxylation sites is 1. The Labute approximate surface area is 240 Å². The molecule has 3 atom stereocenters. The first kappa shape index (κ1) is 29.5. The summed E-state index contributed by atoms with van der Waals surface area (Å²) >= 11 is 0. The molecule has 10 nitrogen and oxygen atoms in total. The highest BCUT2D eigenvalue weighted by atomic mass is 19.4. The van der Waals surface area contributed by atoms with Gasteiger partial charge in [-0.25, -0.2) is 9.78 Å². The number of aliphatic hydroxyl groups is 1. The molecule has 0 aliphatic carbocycles. The van der Waals surface area contributed by atoms with E-state index in [1.165, 1.54) is 27.6 Å². The van der Waals surface area contributed by atoms with Crippen LogP contribution in [-0.4, -0.2) is 79.3 Å². The number of benzene rings is 1. The minimum absolute atomic E-state index is 0.00992. The van der Waals surface area contributed by atoms with Crippen LogP contribution in [0.15, 0.2) is 48.7 Å². The zero-order valence-electron chi connectivity index (χ0n) is 23.7. The van der Waals surface area contributed by atoms with Gasteiger partial charge in [-0.3, -0.25) is 9.30 Å². The number of carbonyl (C=O) groups is 1. The van der Waals surface area contributed by atoms with Crippen LogP contribution in [0.3, 0.4) is 0 Å². The minimum atomic E-state index is -4.58. The third kappa shape index (κ3) is 6.57. The van der Waals surface area contributed by atoms with Crippen LogP contribution in [-0.2, 0) is 4.74 Å². The van der Waals surface area contributed by atoms with Crippen LogP contribution in [0.5, 0.6) is 5.75 Å². The van der Waals surface area contributed by atoms with Crippen LogP contribution in [0.2, 0.25) is 0 Å². The quantitative estimate of drug-likeness (QED) is 0.314. The Balaban J connectivity index is 1.45. The predicted octanol–water partition coefficient (Wildman–Crippen LogP) is 4.91. The number of amides is 1. The number of alkyl carbamates (subject to hydrolysis) is 1. The normalized spacial score (nSPS) is 17.9. The number of aliphatic hydroxyl groups excluding tert-OH is 1. The lowest BCUT2D eigenvalue weighted by Gasteiger charge is -2.30. The number of fused-ring (bicyclic) bond motifs is 2. The molecule has 4 heterocycles. The highest BCUT2D eigenvalue weighted by molar-refractivity contribution is 5.86. The van der Waals surface area contributed by atoms with Crippen molar-refractivity contribution in [2.75, 3.05) is 19.7 Å². The number of ether oxygens (including phenoxy) is 2. The van der Waals surface area contributed by atoms with Crippen molar-refractivity contribution in [1.82, 2.24) is 29.8 Å². The Bertz CT molecular complexity index is 1580. The SMILES string of the molecule is C[C@H](O)COc1cccc2ccc(-c3nnc4ccc([C@@H](N5CC[C@H](NC(=O)OC(C)(C)C)C5)C(F)(F)F)cn34)nc12. The molecule has 4 aromatic rings. The fourth-order valence-corrected chi connectivity index (χ4v) is 5.04. The number of pyridine rings is 2. The van der Waals surface area contributed by atoms with Gasteiger partial charge in [-0.2, -0.15) is 13.2 Å². The fraction of sp³-hybridized carbons (Fsp3) is 0.448. The van der Waals surface area contributed by atoms with Gasteiger partial charge in [-0.1, -0.05) is 24.3 Å². The number of halogens is 3. The van der Waals surface area contributed by atoms with Crippen molar-refractivity contribution in [3.8, 4) is 17.3 Å². The minimum Gasteiger partial charge on any atom is -0.489 e. The molecule has 1 aromatic carbocycles. The largest absolute Gasteiger partial charge is 0.489 e. The number of hydrogen-bond donors (Lipinski definition) is 2. The molecule has 0 unspecified atom stereocenters. The third-order valence-corrected chi connectivity index (χ3v) is 6.75. The zero-order chi connectivity index (χ0) is 30.2. The van der Waals surface area contributed by atoms with E-state index in [9.17, 15) is 23.1 Å². The van der Waals surface area contributed by atoms with Gasteiger partial charge in [0.05, 0.1) is 6.10 Å². The molecule has 1 aliphatic rings. The summed E-state index contributed by atoms with van der Waals surface area (Å²) in [4.78, 5) is 18.2. The molecule has 1 aliphatic heterocycles. The Morgan fingerprint density at radius 2 is 1.93 bits per heavy atom. The molecule has 5 rings (SSSR count). The van der Waals surface area contributed by atoms with Gasteiger partial charge in [-0.05, 0) is 57.9 Å². The monoisotopic (exact) mass is 586 g/mol. The van der Waals surface area contributed by atoms with Gasteiger partial charge in [-0.15, -0.1) is 10.2 Å². The summed E-state index contributed by atoms with van der Waals surface area (Å²) in [5.74, 6) is 0.733. The lowest BCUT2D eigenvalue weighted by molar-refractivity contribution is -0.184. The average Bonchev–Trinajstić information content (AvgIpc) is 3.52.